The van der Waals surface area contributed by atoms with Crippen LogP contribution in [0.2, 0.25) is 0 Å². The van der Waals surface area contributed by atoms with E-state index in [9.17, 15) is 9.50 Å². The summed E-state index contributed by atoms with van der Waals surface area (Å²) >= 11 is 0. The van der Waals surface area contributed by atoms with E-state index in [0.29, 0.717) is 12.0 Å². The highest BCUT2D eigenvalue weighted by molar-refractivity contribution is 5.24. The Hall–Kier alpha value is -1.71. The molecule has 2 aromatic rings. The van der Waals surface area contributed by atoms with Crippen molar-refractivity contribution in [1.29, 1.82) is 0 Å². The van der Waals surface area contributed by atoms with E-state index in [2.05, 4.69) is 31.1 Å². The maximum atomic E-state index is 14.2. The third-order valence-electron chi connectivity index (χ3n) is 5.60. The van der Waals surface area contributed by atoms with Crippen molar-refractivity contribution >= 4 is 0 Å². The standard InChI is InChI=1S/C22H28FNO/c1-24(2)21(17-10-4-3-5-11-17)19-13-8-9-15-22(19,25)16-18-12-6-7-14-20(18)23/h3-7,10-12,14,19,21,25H,8-9,13,15-16H2,1-2H3. The molecule has 0 aromatic heterocycles. The maximum absolute atomic E-state index is 14.2. The molecule has 1 aliphatic rings. The lowest BCUT2D eigenvalue weighted by Crippen LogP contribution is -2.48. The van der Waals surface area contributed by atoms with Gasteiger partial charge in [-0.25, -0.2) is 4.39 Å². The Morgan fingerprint density at radius 3 is 2.44 bits per heavy atom. The molecule has 1 aliphatic carbocycles. The third kappa shape index (κ3) is 3.94. The number of hydrogen-bond acceptors (Lipinski definition) is 2. The zero-order chi connectivity index (χ0) is 17.9. The normalized spacial score (nSPS) is 25.1. The van der Waals surface area contributed by atoms with Crippen LogP contribution < -0.4 is 0 Å². The lowest BCUT2D eigenvalue weighted by Gasteiger charge is -2.46. The first-order chi connectivity index (χ1) is 12.0. The van der Waals surface area contributed by atoms with Crippen LogP contribution in [0, 0.1) is 11.7 Å². The molecule has 1 fully saturated rings. The molecule has 2 nitrogen and oxygen atoms in total. The summed E-state index contributed by atoms with van der Waals surface area (Å²) in [6.07, 6.45) is 4.17. The van der Waals surface area contributed by atoms with Crippen molar-refractivity contribution in [3.05, 3.63) is 71.5 Å². The summed E-state index contributed by atoms with van der Waals surface area (Å²) in [6.45, 7) is 0. The molecule has 0 bridgehead atoms. The highest BCUT2D eigenvalue weighted by Gasteiger charge is 2.44. The Morgan fingerprint density at radius 1 is 1.08 bits per heavy atom. The Balaban J connectivity index is 1.95. The van der Waals surface area contributed by atoms with Gasteiger partial charge in [-0.1, -0.05) is 61.4 Å². The van der Waals surface area contributed by atoms with E-state index in [1.165, 1.54) is 11.6 Å². The number of halogens is 1. The van der Waals surface area contributed by atoms with E-state index < -0.39 is 5.60 Å². The molecule has 3 rings (SSSR count). The molecule has 1 saturated carbocycles. The first-order valence-electron chi connectivity index (χ1n) is 9.18. The van der Waals surface area contributed by atoms with Gasteiger partial charge in [-0.3, -0.25) is 0 Å². The summed E-state index contributed by atoms with van der Waals surface area (Å²) in [6, 6.07) is 17.3. The van der Waals surface area contributed by atoms with Crippen LogP contribution in [0.3, 0.4) is 0 Å². The Bertz CT molecular complexity index is 687. The van der Waals surface area contributed by atoms with Gasteiger partial charge in [-0.05, 0) is 44.1 Å². The minimum Gasteiger partial charge on any atom is -0.389 e. The van der Waals surface area contributed by atoms with Crippen LogP contribution in [-0.2, 0) is 6.42 Å². The molecule has 0 heterocycles. The average Bonchev–Trinajstić information content (AvgIpc) is 2.60. The molecule has 3 unspecified atom stereocenters. The Kier molecular flexibility index (Phi) is 5.55. The molecule has 0 spiro atoms. The second-order valence-corrected chi connectivity index (χ2v) is 7.54. The zero-order valence-electron chi connectivity index (χ0n) is 15.2. The first-order valence-corrected chi connectivity index (χ1v) is 9.18. The third-order valence-corrected chi connectivity index (χ3v) is 5.60. The summed E-state index contributed by atoms with van der Waals surface area (Å²) in [4.78, 5) is 2.19. The first kappa shape index (κ1) is 18.1. The maximum Gasteiger partial charge on any atom is 0.126 e. The quantitative estimate of drug-likeness (QED) is 0.860. The van der Waals surface area contributed by atoms with Crippen molar-refractivity contribution in [1.82, 2.24) is 4.90 Å². The van der Waals surface area contributed by atoms with Crippen molar-refractivity contribution in [2.45, 2.75) is 43.7 Å². The number of aliphatic hydroxyl groups is 1. The Labute approximate surface area is 150 Å². The SMILES string of the molecule is CN(C)C(c1ccccc1)C1CCCCC1(O)Cc1ccccc1F. The molecule has 3 heteroatoms. The smallest absolute Gasteiger partial charge is 0.126 e. The van der Waals surface area contributed by atoms with Gasteiger partial charge < -0.3 is 10.0 Å². The lowest BCUT2D eigenvalue weighted by atomic mass is 9.67. The fraction of sp³-hybridized carbons (Fsp3) is 0.455. The fourth-order valence-electron chi connectivity index (χ4n) is 4.43. The highest BCUT2D eigenvalue weighted by atomic mass is 19.1. The zero-order valence-corrected chi connectivity index (χ0v) is 15.2. The fourth-order valence-corrected chi connectivity index (χ4v) is 4.43. The number of rotatable bonds is 5. The van der Waals surface area contributed by atoms with Crippen LogP contribution in [0.4, 0.5) is 4.39 Å². The average molecular weight is 341 g/mol. The van der Waals surface area contributed by atoms with Crippen LogP contribution >= 0.6 is 0 Å². The highest BCUT2D eigenvalue weighted by Crippen LogP contribution is 2.45. The second-order valence-electron chi connectivity index (χ2n) is 7.54. The molecule has 0 amide bonds. The summed E-state index contributed by atoms with van der Waals surface area (Å²) in [5.41, 5.74) is 0.944. The van der Waals surface area contributed by atoms with Gasteiger partial charge in [0.15, 0.2) is 0 Å². The van der Waals surface area contributed by atoms with Crippen LogP contribution in [0.5, 0.6) is 0 Å². The molecule has 2 aromatic carbocycles. The minimum absolute atomic E-state index is 0.0817. The molecule has 3 atom stereocenters. The van der Waals surface area contributed by atoms with E-state index >= 15 is 0 Å². The van der Waals surface area contributed by atoms with E-state index in [1.807, 2.05) is 24.3 Å². The van der Waals surface area contributed by atoms with Gasteiger partial charge in [0, 0.05) is 18.4 Å². The molecule has 0 radical (unpaired) electrons. The number of hydrogen-bond donors (Lipinski definition) is 1. The van der Waals surface area contributed by atoms with Crippen LogP contribution in [0.25, 0.3) is 0 Å². The van der Waals surface area contributed by atoms with Gasteiger partial charge in [0.05, 0.1) is 5.60 Å². The molecular formula is C22H28FNO. The minimum atomic E-state index is -0.884. The van der Waals surface area contributed by atoms with Crippen LogP contribution in [-0.4, -0.2) is 29.7 Å². The molecule has 1 N–H and O–H groups in total. The van der Waals surface area contributed by atoms with Crippen molar-refractivity contribution in [3.63, 3.8) is 0 Å². The van der Waals surface area contributed by atoms with Gasteiger partial charge in [-0.15, -0.1) is 0 Å². The summed E-state index contributed by atoms with van der Waals surface area (Å²) < 4.78 is 14.2. The second kappa shape index (κ2) is 7.67. The van der Waals surface area contributed by atoms with E-state index in [-0.39, 0.29) is 17.8 Å². The lowest BCUT2D eigenvalue weighted by molar-refractivity contribution is -0.0775. The van der Waals surface area contributed by atoms with Crippen molar-refractivity contribution < 1.29 is 9.50 Å². The topological polar surface area (TPSA) is 23.5 Å². The number of nitrogens with zero attached hydrogens (tertiary/aromatic N) is 1. The van der Waals surface area contributed by atoms with Crippen molar-refractivity contribution in [2.75, 3.05) is 14.1 Å². The van der Waals surface area contributed by atoms with Gasteiger partial charge >= 0.3 is 0 Å². The van der Waals surface area contributed by atoms with Gasteiger partial charge in [0.1, 0.15) is 5.82 Å². The predicted molar refractivity (Wildman–Crippen MR) is 99.9 cm³/mol. The molecule has 0 aliphatic heterocycles. The molecule has 25 heavy (non-hydrogen) atoms. The summed E-state index contributed by atoms with van der Waals surface area (Å²) in [5, 5.41) is 11.6. The summed E-state index contributed by atoms with van der Waals surface area (Å²) in [5.74, 6) is -0.139. The van der Waals surface area contributed by atoms with Crippen LogP contribution in [0.15, 0.2) is 54.6 Å². The molecular weight excluding hydrogens is 313 g/mol. The van der Waals surface area contributed by atoms with Gasteiger partial charge in [0.2, 0.25) is 0 Å². The van der Waals surface area contributed by atoms with Gasteiger partial charge in [-0.2, -0.15) is 0 Å². The van der Waals surface area contributed by atoms with E-state index in [1.54, 1.807) is 12.1 Å². The van der Waals surface area contributed by atoms with Crippen LogP contribution in [0.1, 0.15) is 42.9 Å². The largest absolute Gasteiger partial charge is 0.389 e. The molecule has 0 saturated heterocycles. The molecule has 134 valence electrons. The van der Waals surface area contributed by atoms with Gasteiger partial charge in [0.25, 0.3) is 0 Å². The van der Waals surface area contributed by atoms with Crippen molar-refractivity contribution in [3.8, 4) is 0 Å². The number of benzene rings is 2. The van der Waals surface area contributed by atoms with E-state index in [0.717, 1.165) is 25.7 Å². The predicted octanol–water partition coefficient (Wildman–Crippen LogP) is 4.59. The Morgan fingerprint density at radius 2 is 1.76 bits per heavy atom. The monoisotopic (exact) mass is 341 g/mol. The van der Waals surface area contributed by atoms with Crippen molar-refractivity contribution in [2.24, 2.45) is 5.92 Å². The van der Waals surface area contributed by atoms with E-state index in [4.69, 9.17) is 0 Å². The summed E-state index contributed by atoms with van der Waals surface area (Å²) in [7, 11) is 4.13.